The van der Waals surface area contributed by atoms with E-state index in [9.17, 15) is 0 Å². The zero-order valence-corrected chi connectivity index (χ0v) is 9.76. The molecule has 0 aromatic rings. The zero-order valence-electron chi connectivity index (χ0n) is 9.76. The fourth-order valence-electron chi connectivity index (χ4n) is 0.957. The monoisotopic (exact) mass is 196 g/mol. The van der Waals surface area contributed by atoms with Gasteiger partial charge in [-0.15, -0.1) is 0 Å². The average Bonchev–Trinajstić information content (AvgIpc) is 2.19. The molecule has 0 unspecified atom stereocenters. The molecule has 0 aliphatic rings. The third-order valence-corrected chi connectivity index (χ3v) is 2.03. The van der Waals surface area contributed by atoms with Crippen molar-refractivity contribution in [1.82, 2.24) is 0 Å². The highest BCUT2D eigenvalue weighted by atomic mass is 16.5. The van der Waals surface area contributed by atoms with Crippen LogP contribution in [0.15, 0.2) is 35.8 Å². The molecule has 0 fully saturated rings. The first kappa shape index (κ1) is 12.8. The number of methoxy groups -OCH3 is 2. The first-order valence-electron chi connectivity index (χ1n) is 4.72. The molecule has 0 aliphatic heterocycles. The summed E-state index contributed by atoms with van der Waals surface area (Å²) in [5.41, 5.74) is 0.976. The molecule has 80 valence electrons. The molecule has 0 aromatic heterocycles. The second-order valence-corrected chi connectivity index (χ2v) is 3.29. The molecule has 2 heteroatoms. The summed E-state index contributed by atoms with van der Waals surface area (Å²) in [5, 5.41) is 0. The quantitative estimate of drug-likeness (QED) is 0.496. The van der Waals surface area contributed by atoms with E-state index in [2.05, 4.69) is 20.4 Å². The van der Waals surface area contributed by atoms with E-state index in [1.54, 1.807) is 14.2 Å². The van der Waals surface area contributed by atoms with Crippen LogP contribution in [0.3, 0.4) is 0 Å². The second-order valence-electron chi connectivity index (χ2n) is 3.29. The molecule has 0 heterocycles. The molecule has 0 bridgehead atoms. The van der Waals surface area contributed by atoms with Crippen LogP contribution in [0, 0.1) is 5.92 Å². The third kappa shape index (κ3) is 3.69. The Balaban J connectivity index is 4.79. The molecule has 0 spiro atoms. The van der Waals surface area contributed by atoms with Crippen molar-refractivity contribution in [2.45, 2.75) is 20.8 Å². The standard InChI is InChI=1S/C12H20O2/c1-7-11(13-5)8-12(14-6)10(4)9(2)3/h7-9H,4H2,1-3,5-6H3. The smallest absolute Gasteiger partial charge is 0.125 e. The molecule has 0 aromatic carbocycles. The van der Waals surface area contributed by atoms with Gasteiger partial charge in [-0.2, -0.15) is 0 Å². The van der Waals surface area contributed by atoms with E-state index < -0.39 is 0 Å². The Morgan fingerprint density at radius 2 is 1.79 bits per heavy atom. The van der Waals surface area contributed by atoms with Crippen LogP contribution >= 0.6 is 0 Å². The predicted molar refractivity (Wildman–Crippen MR) is 59.8 cm³/mol. The zero-order chi connectivity index (χ0) is 11.1. The van der Waals surface area contributed by atoms with Gasteiger partial charge >= 0.3 is 0 Å². The minimum absolute atomic E-state index is 0.371. The topological polar surface area (TPSA) is 18.5 Å². The van der Waals surface area contributed by atoms with E-state index in [0.29, 0.717) is 5.92 Å². The SMILES string of the molecule is C=C(C(=CC(=CC)OC)OC)C(C)C. The largest absolute Gasteiger partial charge is 0.497 e. The normalized spacial score (nSPS) is 13.0. The highest BCUT2D eigenvalue weighted by Gasteiger charge is 2.07. The summed E-state index contributed by atoms with van der Waals surface area (Å²) < 4.78 is 10.4. The van der Waals surface area contributed by atoms with Crippen LogP contribution in [0.4, 0.5) is 0 Å². The van der Waals surface area contributed by atoms with Crippen molar-refractivity contribution in [1.29, 1.82) is 0 Å². The van der Waals surface area contributed by atoms with Crippen molar-refractivity contribution < 1.29 is 9.47 Å². The Hall–Kier alpha value is -1.18. The Morgan fingerprint density at radius 1 is 1.21 bits per heavy atom. The number of allylic oxidation sites excluding steroid dienone is 3. The molecular weight excluding hydrogens is 176 g/mol. The lowest BCUT2D eigenvalue weighted by atomic mass is 10.0. The van der Waals surface area contributed by atoms with Gasteiger partial charge in [0.2, 0.25) is 0 Å². The van der Waals surface area contributed by atoms with Crippen molar-refractivity contribution in [2.75, 3.05) is 14.2 Å². The Kier molecular flexibility index (Phi) is 5.77. The maximum absolute atomic E-state index is 5.25. The summed E-state index contributed by atoms with van der Waals surface area (Å²) in [6.45, 7) is 10.0. The fraction of sp³-hybridized carbons (Fsp3) is 0.500. The Bertz CT molecular complexity index is 247. The molecule has 0 amide bonds. The highest BCUT2D eigenvalue weighted by Crippen LogP contribution is 2.19. The first-order valence-corrected chi connectivity index (χ1v) is 4.72. The van der Waals surface area contributed by atoms with Crippen molar-refractivity contribution in [3.63, 3.8) is 0 Å². The van der Waals surface area contributed by atoms with E-state index in [0.717, 1.165) is 17.1 Å². The summed E-state index contributed by atoms with van der Waals surface area (Å²) in [5.74, 6) is 1.93. The number of rotatable bonds is 5. The third-order valence-electron chi connectivity index (χ3n) is 2.03. The van der Waals surface area contributed by atoms with Gasteiger partial charge in [0.25, 0.3) is 0 Å². The van der Waals surface area contributed by atoms with Crippen molar-refractivity contribution in [3.05, 3.63) is 35.8 Å². The Morgan fingerprint density at radius 3 is 2.07 bits per heavy atom. The van der Waals surface area contributed by atoms with Crippen LogP contribution in [0.1, 0.15) is 20.8 Å². The van der Waals surface area contributed by atoms with Gasteiger partial charge < -0.3 is 9.47 Å². The summed E-state index contributed by atoms with van der Waals surface area (Å²) in [7, 11) is 3.28. The highest BCUT2D eigenvalue weighted by molar-refractivity contribution is 5.30. The molecule has 0 radical (unpaired) electrons. The van der Waals surface area contributed by atoms with E-state index in [4.69, 9.17) is 9.47 Å². The van der Waals surface area contributed by atoms with Crippen LogP contribution in [-0.2, 0) is 9.47 Å². The predicted octanol–water partition coefficient (Wildman–Crippen LogP) is 3.28. The minimum atomic E-state index is 0.371. The van der Waals surface area contributed by atoms with Gasteiger partial charge in [0.05, 0.1) is 14.2 Å². The molecule has 0 aliphatic carbocycles. The fourth-order valence-corrected chi connectivity index (χ4v) is 0.957. The first-order chi connectivity index (χ1) is 6.56. The number of hydrogen-bond donors (Lipinski definition) is 0. The van der Waals surface area contributed by atoms with Gasteiger partial charge in [-0.05, 0) is 24.5 Å². The van der Waals surface area contributed by atoms with Gasteiger partial charge in [0.15, 0.2) is 0 Å². The summed E-state index contributed by atoms with van der Waals surface area (Å²) in [4.78, 5) is 0. The van der Waals surface area contributed by atoms with Gasteiger partial charge in [-0.1, -0.05) is 20.4 Å². The molecular formula is C12H20O2. The van der Waals surface area contributed by atoms with E-state index in [1.807, 2.05) is 19.1 Å². The lowest BCUT2D eigenvalue weighted by Crippen LogP contribution is -1.99. The minimum Gasteiger partial charge on any atom is -0.497 e. The van der Waals surface area contributed by atoms with Crippen LogP contribution in [0.2, 0.25) is 0 Å². The molecule has 14 heavy (non-hydrogen) atoms. The molecule has 0 saturated carbocycles. The number of ether oxygens (including phenoxy) is 2. The van der Waals surface area contributed by atoms with Crippen LogP contribution < -0.4 is 0 Å². The second kappa shape index (κ2) is 6.30. The van der Waals surface area contributed by atoms with Crippen LogP contribution in [-0.4, -0.2) is 14.2 Å². The summed E-state index contributed by atoms with van der Waals surface area (Å²) in [6.07, 6.45) is 3.73. The molecule has 0 atom stereocenters. The van der Waals surface area contributed by atoms with E-state index >= 15 is 0 Å². The molecule has 2 nitrogen and oxygen atoms in total. The van der Waals surface area contributed by atoms with Gasteiger partial charge in [0.1, 0.15) is 11.5 Å². The molecule has 0 rings (SSSR count). The number of hydrogen-bond acceptors (Lipinski definition) is 2. The van der Waals surface area contributed by atoms with Crippen molar-refractivity contribution in [3.8, 4) is 0 Å². The van der Waals surface area contributed by atoms with Crippen LogP contribution in [0.25, 0.3) is 0 Å². The molecule has 0 saturated heterocycles. The average molecular weight is 196 g/mol. The lowest BCUT2D eigenvalue weighted by molar-refractivity contribution is 0.277. The van der Waals surface area contributed by atoms with Crippen molar-refractivity contribution in [2.24, 2.45) is 5.92 Å². The molecule has 0 N–H and O–H groups in total. The summed E-state index contributed by atoms with van der Waals surface area (Å²) in [6, 6.07) is 0. The maximum atomic E-state index is 5.25. The maximum Gasteiger partial charge on any atom is 0.125 e. The van der Waals surface area contributed by atoms with E-state index in [-0.39, 0.29) is 0 Å². The lowest BCUT2D eigenvalue weighted by Gasteiger charge is -2.13. The summed E-state index contributed by atoms with van der Waals surface area (Å²) >= 11 is 0. The van der Waals surface area contributed by atoms with Gasteiger partial charge in [-0.25, -0.2) is 0 Å². The van der Waals surface area contributed by atoms with Crippen molar-refractivity contribution >= 4 is 0 Å². The van der Waals surface area contributed by atoms with Crippen LogP contribution in [0.5, 0.6) is 0 Å². The van der Waals surface area contributed by atoms with Gasteiger partial charge in [0, 0.05) is 6.08 Å². The van der Waals surface area contributed by atoms with Gasteiger partial charge in [-0.3, -0.25) is 0 Å². The Labute approximate surface area is 86.9 Å². The van der Waals surface area contributed by atoms with E-state index in [1.165, 1.54) is 0 Å².